The maximum Gasteiger partial charge on any atom is 0.164 e. The van der Waals surface area contributed by atoms with Crippen molar-refractivity contribution in [1.82, 2.24) is 29.5 Å². The van der Waals surface area contributed by atoms with E-state index in [0.29, 0.717) is 17.5 Å². The summed E-state index contributed by atoms with van der Waals surface area (Å²) in [5, 5.41) is 5.67. The van der Waals surface area contributed by atoms with Gasteiger partial charge in [0.15, 0.2) is 23.3 Å². The number of benzene rings is 8. The smallest absolute Gasteiger partial charge is 0.164 e. The lowest BCUT2D eigenvalue weighted by atomic mass is 10.0. The highest BCUT2D eigenvalue weighted by molar-refractivity contribution is 7.26. The predicted octanol–water partition coefficient (Wildman–Crippen LogP) is 14.8. The minimum atomic E-state index is 0.628. The van der Waals surface area contributed by atoms with E-state index in [4.69, 9.17) is 24.9 Å². The summed E-state index contributed by atoms with van der Waals surface area (Å²) in [6.07, 6.45) is 0. The molecule has 5 heterocycles. The number of thiophene rings is 2. The number of nitrogens with zero attached hydrogens (tertiary/aromatic N) is 6. The summed E-state index contributed by atoms with van der Waals surface area (Å²) < 4.78 is 6.95. The normalized spacial score (nSPS) is 11.8. The first-order chi connectivity index (χ1) is 31.2. The average molecular weight is 841 g/mol. The van der Waals surface area contributed by atoms with Gasteiger partial charge < -0.3 is 4.57 Å². The molecular formula is C55H32N6S2. The second-order valence-corrected chi connectivity index (χ2v) is 17.7. The molecule has 13 aromatic rings. The third-order valence-electron chi connectivity index (χ3n) is 11.9. The van der Waals surface area contributed by atoms with Gasteiger partial charge in [0.1, 0.15) is 0 Å². The topological polar surface area (TPSA) is 69.4 Å². The van der Waals surface area contributed by atoms with E-state index < -0.39 is 0 Å². The molecule has 6 nitrogen and oxygen atoms in total. The molecule has 0 N–H and O–H groups in total. The Kier molecular flexibility index (Phi) is 8.15. The SMILES string of the molecule is c1ccc(-c2nc(-c3cccc4sc5cc(-c6nc(-c7ccccc7)nc7c6sc6ccccc67)ccc5c34)nc(-c3cccc4c3c3ccccc3n4-c3ccccc3)n2)cc1. The van der Waals surface area contributed by atoms with Crippen molar-refractivity contribution in [2.24, 2.45) is 0 Å². The van der Waals surface area contributed by atoms with Crippen LogP contribution >= 0.6 is 22.7 Å². The molecule has 0 amide bonds. The molecule has 13 rings (SSSR count). The maximum atomic E-state index is 5.39. The molecule has 0 unspecified atom stereocenters. The minimum absolute atomic E-state index is 0.628. The molecule has 5 aromatic heterocycles. The summed E-state index contributed by atoms with van der Waals surface area (Å²) in [5.74, 6) is 2.61. The van der Waals surface area contributed by atoms with Gasteiger partial charge in [-0.3, -0.25) is 0 Å². The van der Waals surface area contributed by atoms with Crippen molar-refractivity contribution in [2.45, 2.75) is 0 Å². The van der Waals surface area contributed by atoms with Crippen LogP contribution in [0.3, 0.4) is 0 Å². The number of rotatable bonds is 6. The molecule has 63 heavy (non-hydrogen) atoms. The number of hydrogen-bond donors (Lipinski definition) is 0. The molecule has 0 spiro atoms. The Hall–Kier alpha value is -7.91. The van der Waals surface area contributed by atoms with Crippen LogP contribution in [-0.4, -0.2) is 29.5 Å². The first-order valence-electron chi connectivity index (χ1n) is 20.8. The van der Waals surface area contributed by atoms with Gasteiger partial charge in [0.2, 0.25) is 0 Å². The highest BCUT2D eigenvalue weighted by Gasteiger charge is 2.22. The van der Waals surface area contributed by atoms with E-state index in [0.717, 1.165) is 97.9 Å². The quantitative estimate of drug-likeness (QED) is 0.167. The first-order valence-corrected chi connectivity index (χ1v) is 22.5. The third kappa shape index (κ3) is 5.80. The van der Waals surface area contributed by atoms with E-state index in [2.05, 4.69) is 162 Å². The van der Waals surface area contributed by atoms with Gasteiger partial charge >= 0.3 is 0 Å². The lowest BCUT2D eigenvalue weighted by Gasteiger charge is -2.11. The Balaban J connectivity index is 1.02. The zero-order chi connectivity index (χ0) is 41.4. The summed E-state index contributed by atoms with van der Waals surface area (Å²) in [5.41, 5.74) is 10.2. The van der Waals surface area contributed by atoms with E-state index in [1.807, 2.05) is 36.4 Å². The van der Waals surface area contributed by atoms with Crippen molar-refractivity contribution in [1.29, 1.82) is 0 Å². The van der Waals surface area contributed by atoms with Crippen molar-refractivity contribution in [3.8, 4) is 62.5 Å². The second kappa shape index (κ2) is 14.3. The Bertz CT molecular complexity index is 3910. The number of aromatic nitrogens is 6. The lowest BCUT2D eigenvalue weighted by Crippen LogP contribution is -2.01. The molecule has 0 fully saturated rings. The molecule has 0 radical (unpaired) electrons. The fourth-order valence-corrected chi connectivity index (χ4v) is 11.4. The van der Waals surface area contributed by atoms with Crippen molar-refractivity contribution in [3.63, 3.8) is 0 Å². The standard InChI is InChI=1S/C55H32N6S2/c1-4-16-33(17-5-1)52-56-49(51-50(57-52)39-23-11-13-28-44(39)63-51)35-30-31-38-46(32-35)62-45-29-15-25-41(48(38)45)55-59-53(34-18-6-2-7-19-34)58-54(60-55)40-24-14-27-43-47(40)37-22-10-12-26-42(37)61(43)36-20-8-3-9-21-36/h1-32H. The number of hydrogen-bond acceptors (Lipinski definition) is 7. The molecule has 294 valence electrons. The fraction of sp³-hybridized carbons (Fsp3) is 0. The largest absolute Gasteiger partial charge is 0.309 e. The van der Waals surface area contributed by atoms with Gasteiger partial charge in [-0.05, 0) is 42.5 Å². The molecule has 0 bridgehead atoms. The fourth-order valence-electron chi connectivity index (χ4n) is 9.06. The highest BCUT2D eigenvalue weighted by Crippen LogP contribution is 2.45. The second-order valence-electron chi connectivity index (χ2n) is 15.6. The van der Waals surface area contributed by atoms with Crippen LogP contribution in [0.25, 0.3) is 125 Å². The molecule has 0 aliphatic heterocycles. The van der Waals surface area contributed by atoms with Crippen LogP contribution in [0.4, 0.5) is 0 Å². The summed E-state index contributed by atoms with van der Waals surface area (Å²) in [4.78, 5) is 26.3. The summed E-state index contributed by atoms with van der Waals surface area (Å²) >= 11 is 3.53. The molecular weight excluding hydrogens is 809 g/mol. The molecule has 0 aliphatic carbocycles. The highest BCUT2D eigenvalue weighted by atomic mass is 32.1. The van der Waals surface area contributed by atoms with E-state index >= 15 is 0 Å². The summed E-state index contributed by atoms with van der Waals surface area (Å²) in [6, 6.07) is 67.8. The van der Waals surface area contributed by atoms with E-state index in [-0.39, 0.29) is 0 Å². The van der Waals surface area contributed by atoms with Gasteiger partial charge in [0.25, 0.3) is 0 Å². The summed E-state index contributed by atoms with van der Waals surface area (Å²) in [6.45, 7) is 0. The van der Waals surface area contributed by atoms with Crippen LogP contribution < -0.4 is 0 Å². The maximum absolute atomic E-state index is 5.39. The van der Waals surface area contributed by atoms with Gasteiger partial charge in [-0.2, -0.15) is 0 Å². The molecule has 8 heteroatoms. The van der Waals surface area contributed by atoms with E-state index in [1.165, 1.54) is 9.40 Å². The first kappa shape index (κ1) is 35.8. The Morgan fingerprint density at radius 3 is 1.70 bits per heavy atom. The molecule has 0 saturated heterocycles. The van der Waals surface area contributed by atoms with E-state index in [9.17, 15) is 0 Å². The van der Waals surface area contributed by atoms with Gasteiger partial charge in [0, 0.05) is 74.5 Å². The lowest BCUT2D eigenvalue weighted by molar-refractivity contribution is 1.08. The predicted molar refractivity (Wildman–Crippen MR) is 263 cm³/mol. The third-order valence-corrected chi connectivity index (χ3v) is 14.2. The van der Waals surface area contributed by atoms with Crippen LogP contribution in [0.1, 0.15) is 0 Å². The van der Waals surface area contributed by atoms with Crippen molar-refractivity contribution >= 4 is 85.0 Å². The monoisotopic (exact) mass is 840 g/mol. The van der Waals surface area contributed by atoms with Crippen LogP contribution in [0.15, 0.2) is 194 Å². The Morgan fingerprint density at radius 2 is 0.937 bits per heavy atom. The minimum Gasteiger partial charge on any atom is -0.309 e. The number of fused-ring (bicyclic) bond motifs is 9. The van der Waals surface area contributed by atoms with Crippen molar-refractivity contribution in [3.05, 3.63) is 194 Å². The van der Waals surface area contributed by atoms with Crippen LogP contribution in [0.5, 0.6) is 0 Å². The van der Waals surface area contributed by atoms with Crippen LogP contribution in [0.2, 0.25) is 0 Å². The van der Waals surface area contributed by atoms with Crippen molar-refractivity contribution < 1.29 is 0 Å². The zero-order valence-electron chi connectivity index (χ0n) is 33.5. The Morgan fingerprint density at radius 1 is 0.349 bits per heavy atom. The Labute approximate surface area is 369 Å². The average Bonchev–Trinajstić information content (AvgIpc) is 4.04. The van der Waals surface area contributed by atoms with Crippen LogP contribution in [-0.2, 0) is 0 Å². The zero-order valence-corrected chi connectivity index (χ0v) is 35.1. The van der Waals surface area contributed by atoms with Gasteiger partial charge in [-0.15, -0.1) is 22.7 Å². The van der Waals surface area contributed by atoms with Crippen LogP contribution in [0, 0.1) is 0 Å². The van der Waals surface area contributed by atoms with Gasteiger partial charge in [-0.25, -0.2) is 24.9 Å². The molecule has 0 atom stereocenters. The van der Waals surface area contributed by atoms with E-state index in [1.54, 1.807) is 22.7 Å². The van der Waals surface area contributed by atoms with Crippen molar-refractivity contribution in [2.75, 3.05) is 0 Å². The van der Waals surface area contributed by atoms with Gasteiger partial charge in [-0.1, -0.05) is 152 Å². The molecule has 0 aliphatic rings. The number of para-hydroxylation sites is 2. The van der Waals surface area contributed by atoms with Gasteiger partial charge in [0.05, 0.1) is 26.9 Å². The molecule has 0 saturated carbocycles. The summed E-state index contributed by atoms with van der Waals surface area (Å²) in [7, 11) is 0. The molecule has 8 aromatic carbocycles.